The monoisotopic (exact) mass is 546 g/mol. The topological polar surface area (TPSA) is 68.3 Å². The van der Waals surface area contributed by atoms with Crippen LogP contribution in [0.4, 0.5) is 5.69 Å². The minimum Gasteiger partial charge on any atom is -0.465 e. The lowest BCUT2D eigenvalue weighted by atomic mass is 10.0. The first-order valence-electron chi connectivity index (χ1n) is 9.86. The van der Waals surface area contributed by atoms with Gasteiger partial charge in [-0.25, -0.2) is 4.79 Å². The number of benzene rings is 2. The maximum atomic E-state index is 12.9. The Morgan fingerprint density at radius 2 is 1.81 bits per heavy atom. The summed E-state index contributed by atoms with van der Waals surface area (Å²) in [5.41, 5.74) is 3.09. The maximum absolute atomic E-state index is 12.9. The number of hydrogen-bond acceptors (Lipinski definition) is 5. The number of pyridine rings is 1. The van der Waals surface area contributed by atoms with E-state index in [1.165, 1.54) is 31.6 Å². The smallest absolute Gasteiger partial charge is 0.337 e. The summed E-state index contributed by atoms with van der Waals surface area (Å²) in [6, 6.07) is 16.6. The van der Waals surface area contributed by atoms with Crippen molar-refractivity contribution in [3.8, 4) is 0 Å². The average Bonchev–Trinajstić information content (AvgIpc) is 3.62. The lowest BCUT2D eigenvalue weighted by Crippen LogP contribution is -2.13. The molecule has 3 aromatic rings. The third-order valence-electron chi connectivity index (χ3n) is 5.22. The fraction of sp³-hybridized carbons (Fsp3) is 0.208. The van der Waals surface area contributed by atoms with Crippen molar-refractivity contribution < 1.29 is 14.3 Å². The quantitative estimate of drug-likeness (QED) is 0.226. The number of ketones is 1. The molecule has 31 heavy (non-hydrogen) atoms. The van der Waals surface area contributed by atoms with E-state index in [2.05, 4.69) is 32.9 Å². The molecule has 1 saturated carbocycles. The van der Waals surface area contributed by atoms with Crippen molar-refractivity contribution in [2.45, 2.75) is 18.9 Å². The number of anilines is 1. The van der Waals surface area contributed by atoms with E-state index in [0.29, 0.717) is 27.8 Å². The molecular formula is C24H20ClIN2O3. The van der Waals surface area contributed by atoms with Gasteiger partial charge < -0.3 is 10.1 Å². The van der Waals surface area contributed by atoms with Crippen molar-refractivity contribution in [3.05, 3.63) is 91.8 Å². The number of rotatable bonds is 7. The summed E-state index contributed by atoms with van der Waals surface area (Å²) in [5.74, 6) is -0.148. The highest BCUT2D eigenvalue weighted by Crippen LogP contribution is 2.43. The number of nitrogens with one attached hydrogen (secondary N) is 1. The summed E-state index contributed by atoms with van der Waals surface area (Å²) in [6.07, 6.45) is 4.03. The molecule has 0 amide bonds. The van der Waals surface area contributed by atoms with E-state index < -0.39 is 5.97 Å². The van der Waals surface area contributed by atoms with Gasteiger partial charge in [0.25, 0.3) is 0 Å². The van der Waals surface area contributed by atoms with Crippen LogP contribution in [0.25, 0.3) is 0 Å². The van der Waals surface area contributed by atoms with Crippen LogP contribution in [0.3, 0.4) is 0 Å². The number of esters is 1. The van der Waals surface area contributed by atoms with Gasteiger partial charge in [-0.1, -0.05) is 23.7 Å². The first-order chi connectivity index (χ1) is 14.9. The van der Waals surface area contributed by atoms with E-state index in [9.17, 15) is 9.59 Å². The molecular weight excluding hydrogens is 527 g/mol. The van der Waals surface area contributed by atoms with Gasteiger partial charge in [0.1, 0.15) is 5.69 Å². The van der Waals surface area contributed by atoms with Gasteiger partial charge >= 0.3 is 5.97 Å². The number of halogens is 2. The maximum Gasteiger partial charge on any atom is 0.337 e. The highest BCUT2D eigenvalue weighted by Gasteiger charge is 2.32. The summed E-state index contributed by atoms with van der Waals surface area (Å²) >= 11 is 8.10. The Morgan fingerprint density at radius 1 is 1.10 bits per heavy atom. The molecule has 1 aliphatic carbocycles. The third kappa shape index (κ3) is 5.25. The van der Waals surface area contributed by atoms with Crippen LogP contribution < -0.4 is 5.32 Å². The lowest BCUT2D eigenvalue weighted by Gasteiger charge is -2.20. The number of aromatic nitrogens is 1. The van der Waals surface area contributed by atoms with E-state index >= 15 is 0 Å². The summed E-state index contributed by atoms with van der Waals surface area (Å²) in [6.45, 7) is 0. The Bertz CT molecular complexity index is 1110. The zero-order valence-electron chi connectivity index (χ0n) is 16.8. The molecule has 158 valence electrons. The molecule has 7 heteroatoms. The van der Waals surface area contributed by atoms with E-state index in [0.717, 1.165) is 9.26 Å². The van der Waals surface area contributed by atoms with E-state index in [-0.39, 0.29) is 11.8 Å². The van der Waals surface area contributed by atoms with Crippen LogP contribution in [-0.2, 0) is 4.74 Å². The normalized spacial score (nSPS) is 14.0. The number of ether oxygens (including phenoxy) is 1. The molecule has 1 heterocycles. The molecule has 1 unspecified atom stereocenters. The van der Waals surface area contributed by atoms with Crippen molar-refractivity contribution in [1.82, 2.24) is 4.98 Å². The Kier molecular flexibility index (Phi) is 6.57. The predicted molar refractivity (Wildman–Crippen MR) is 129 cm³/mol. The number of carbonyl (C=O) groups is 2. The second-order valence-electron chi connectivity index (χ2n) is 7.49. The number of methoxy groups -OCH3 is 1. The highest BCUT2D eigenvalue weighted by atomic mass is 127. The molecule has 4 rings (SSSR count). The van der Waals surface area contributed by atoms with Gasteiger partial charge in [0.15, 0.2) is 0 Å². The SMILES string of the molecule is COC(=O)c1cc(I)cc(C(=O)c2ccc(NC(c3ccc(Cl)cc3)C3CC3)cn2)c1. The standard InChI is InChI=1S/C24H20ClIN2O3/c1-31-24(30)17-10-16(11-19(26)12-17)23(29)21-9-8-20(13-27-21)28-22(14-2-3-14)15-4-6-18(25)7-5-15/h4-14,22,28H,2-3H2,1H3. The Morgan fingerprint density at radius 3 is 2.42 bits per heavy atom. The van der Waals surface area contributed by atoms with Gasteiger partial charge in [-0.15, -0.1) is 0 Å². The zero-order chi connectivity index (χ0) is 22.0. The summed E-state index contributed by atoms with van der Waals surface area (Å²) < 4.78 is 5.54. The second-order valence-corrected chi connectivity index (χ2v) is 9.17. The van der Waals surface area contributed by atoms with Crippen molar-refractivity contribution >= 4 is 51.6 Å². The zero-order valence-corrected chi connectivity index (χ0v) is 19.7. The van der Waals surface area contributed by atoms with Gasteiger partial charge in [0.05, 0.1) is 30.6 Å². The highest BCUT2D eigenvalue weighted by molar-refractivity contribution is 14.1. The molecule has 1 atom stereocenters. The van der Waals surface area contributed by atoms with Gasteiger partial charge in [-0.05, 0) is 89.4 Å². The molecule has 1 aliphatic rings. The van der Waals surface area contributed by atoms with Crippen LogP contribution in [0.2, 0.25) is 5.02 Å². The Hall–Kier alpha value is -2.45. The summed E-state index contributed by atoms with van der Waals surface area (Å²) in [5, 5.41) is 4.26. The first-order valence-corrected chi connectivity index (χ1v) is 11.3. The molecule has 0 bridgehead atoms. The largest absolute Gasteiger partial charge is 0.465 e. The number of hydrogen-bond donors (Lipinski definition) is 1. The van der Waals surface area contributed by atoms with Gasteiger partial charge in [-0.3, -0.25) is 9.78 Å². The fourth-order valence-electron chi connectivity index (χ4n) is 3.47. The fourth-order valence-corrected chi connectivity index (χ4v) is 4.27. The summed E-state index contributed by atoms with van der Waals surface area (Å²) in [7, 11) is 1.32. The minimum atomic E-state index is -0.478. The average molecular weight is 547 g/mol. The van der Waals surface area contributed by atoms with Crippen molar-refractivity contribution in [1.29, 1.82) is 0 Å². The predicted octanol–water partition coefficient (Wildman–Crippen LogP) is 5.92. The second kappa shape index (κ2) is 9.36. The summed E-state index contributed by atoms with van der Waals surface area (Å²) in [4.78, 5) is 29.1. The Labute approximate surface area is 199 Å². The molecule has 5 nitrogen and oxygen atoms in total. The molecule has 1 fully saturated rings. The van der Waals surface area contributed by atoms with Crippen LogP contribution in [-0.4, -0.2) is 23.8 Å². The molecule has 1 N–H and O–H groups in total. The van der Waals surface area contributed by atoms with Crippen LogP contribution in [0.5, 0.6) is 0 Å². The minimum absolute atomic E-state index is 0.180. The molecule has 0 radical (unpaired) electrons. The van der Waals surface area contributed by atoms with E-state index in [1.54, 1.807) is 24.4 Å². The van der Waals surface area contributed by atoms with Crippen LogP contribution in [0.15, 0.2) is 60.8 Å². The molecule has 2 aromatic carbocycles. The number of nitrogens with zero attached hydrogens (tertiary/aromatic N) is 1. The first kappa shape index (κ1) is 21.8. The molecule has 0 saturated heterocycles. The Balaban J connectivity index is 1.52. The third-order valence-corrected chi connectivity index (χ3v) is 6.10. The van der Waals surface area contributed by atoms with Crippen LogP contribution >= 0.6 is 34.2 Å². The van der Waals surface area contributed by atoms with E-state index in [4.69, 9.17) is 16.3 Å². The number of carbonyl (C=O) groups excluding carboxylic acids is 2. The lowest BCUT2D eigenvalue weighted by molar-refractivity contribution is 0.0600. The van der Waals surface area contributed by atoms with Crippen molar-refractivity contribution in [3.63, 3.8) is 0 Å². The van der Waals surface area contributed by atoms with Crippen LogP contribution in [0.1, 0.15) is 50.9 Å². The van der Waals surface area contributed by atoms with Gasteiger partial charge in [0.2, 0.25) is 5.78 Å². The molecule has 1 aromatic heterocycles. The van der Waals surface area contributed by atoms with Gasteiger partial charge in [0, 0.05) is 14.2 Å². The van der Waals surface area contributed by atoms with E-state index in [1.807, 2.05) is 30.3 Å². The molecule has 0 aliphatic heterocycles. The van der Waals surface area contributed by atoms with Crippen molar-refractivity contribution in [2.75, 3.05) is 12.4 Å². The molecule has 0 spiro atoms. The van der Waals surface area contributed by atoms with Crippen LogP contribution in [0, 0.1) is 9.49 Å². The van der Waals surface area contributed by atoms with Crippen molar-refractivity contribution in [2.24, 2.45) is 5.92 Å². The van der Waals surface area contributed by atoms with Gasteiger partial charge in [-0.2, -0.15) is 0 Å².